The van der Waals surface area contributed by atoms with Gasteiger partial charge in [0.25, 0.3) is 0 Å². The quantitative estimate of drug-likeness (QED) is 0.798. The van der Waals surface area contributed by atoms with Crippen LogP contribution in [-0.4, -0.2) is 29.6 Å². The molecule has 0 saturated carbocycles. The van der Waals surface area contributed by atoms with Gasteiger partial charge >= 0.3 is 0 Å². The lowest BCUT2D eigenvalue weighted by atomic mass is 10.0. The average molecular weight is 363 g/mol. The zero-order chi connectivity index (χ0) is 14.9. The summed E-state index contributed by atoms with van der Waals surface area (Å²) in [6.07, 6.45) is 6.52. The lowest BCUT2D eigenvalue weighted by Gasteiger charge is -2.23. The number of benzene rings is 1. The highest BCUT2D eigenvalue weighted by Gasteiger charge is 2.22. The Balaban J connectivity index is 1.85. The number of ether oxygens (including phenoxy) is 2. The lowest BCUT2D eigenvalue weighted by molar-refractivity contribution is -0.0367. The van der Waals surface area contributed by atoms with Gasteiger partial charge in [0.2, 0.25) is 0 Å². The summed E-state index contributed by atoms with van der Waals surface area (Å²) in [4.78, 5) is 0. The minimum Gasteiger partial charge on any atom is -0.377 e. The van der Waals surface area contributed by atoms with Crippen molar-refractivity contribution in [1.29, 1.82) is 0 Å². The molecular formula is C17H19BrN2O2. The standard InChI is InChI=1S/C17H19BrN2O2/c18-13-4-5-15-14(11-13)17(12-6-9-21-10-7-12)19-20(15)16-3-1-2-8-22-16/h4-6,11,16H,1-3,7-10H2. The molecule has 2 aliphatic heterocycles. The molecule has 1 fully saturated rings. The predicted molar refractivity (Wildman–Crippen MR) is 89.7 cm³/mol. The maximum Gasteiger partial charge on any atom is 0.150 e. The molecule has 1 aromatic heterocycles. The highest BCUT2D eigenvalue weighted by atomic mass is 79.9. The van der Waals surface area contributed by atoms with Crippen molar-refractivity contribution in [3.05, 3.63) is 34.4 Å². The van der Waals surface area contributed by atoms with Crippen LogP contribution in [0.15, 0.2) is 28.7 Å². The molecule has 0 radical (unpaired) electrons. The smallest absolute Gasteiger partial charge is 0.150 e. The van der Waals surface area contributed by atoms with E-state index in [2.05, 4.69) is 44.9 Å². The second-order valence-electron chi connectivity index (χ2n) is 5.83. The van der Waals surface area contributed by atoms with E-state index in [0.717, 1.165) is 48.2 Å². The second kappa shape index (κ2) is 6.14. The molecule has 0 amide bonds. The second-order valence-corrected chi connectivity index (χ2v) is 6.75. The summed E-state index contributed by atoms with van der Waals surface area (Å²) >= 11 is 3.58. The summed E-state index contributed by atoms with van der Waals surface area (Å²) in [6.45, 7) is 2.28. The largest absolute Gasteiger partial charge is 0.377 e. The predicted octanol–water partition coefficient (Wildman–Crippen LogP) is 4.30. The van der Waals surface area contributed by atoms with Gasteiger partial charge in [0.05, 0.1) is 24.4 Å². The molecular weight excluding hydrogens is 344 g/mol. The normalized spacial score (nSPS) is 22.8. The number of nitrogens with zero attached hydrogens (tertiary/aromatic N) is 2. The van der Waals surface area contributed by atoms with E-state index in [9.17, 15) is 0 Å². The highest BCUT2D eigenvalue weighted by molar-refractivity contribution is 9.10. The van der Waals surface area contributed by atoms with Crippen LogP contribution < -0.4 is 0 Å². The van der Waals surface area contributed by atoms with Crippen LogP contribution in [0.5, 0.6) is 0 Å². The van der Waals surface area contributed by atoms with Gasteiger partial charge in [-0.3, -0.25) is 0 Å². The van der Waals surface area contributed by atoms with E-state index in [1.165, 1.54) is 17.4 Å². The molecule has 0 N–H and O–H groups in total. The van der Waals surface area contributed by atoms with Crippen LogP contribution in [0.3, 0.4) is 0 Å². The molecule has 0 aliphatic carbocycles. The van der Waals surface area contributed by atoms with Crippen LogP contribution in [0, 0.1) is 0 Å². The van der Waals surface area contributed by atoms with Crippen LogP contribution in [0.1, 0.15) is 37.6 Å². The number of fused-ring (bicyclic) bond motifs is 1. The fourth-order valence-corrected chi connectivity index (χ4v) is 3.59. The van der Waals surface area contributed by atoms with E-state index in [0.29, 0.717) is 6.61 Å². The van der Waals surface area contributed by atoms with Crippen molar-refractivity contribution in [3.63, 3.8) is 0 Å². The molecule has 2 aromatic rings. The molecule has 0 bridgehead atoms. The van der Waals surface area contributed by atoms with Crippen LogP contribution in [0.2, 0.25) is 0 Å². The van der Waals surface area contributed by atoms with Crippen molar-refractivity contribution in [2.75, 3.05) is 19.8 Å². The maximum atomic E-state index is 5.95. The Bertz CT molecular complexity index is 717. The molecule has 3 heterocycles. The van der Waals surface area contributed by atoms with Crippen LogP contribution in [-0.2, 0) is 9.47 Å². The molecule has 0 spiro atoms. The van der Waals surface area contributed by atoms with Crippen molar-refractivity contribution in [2.24, 2.45) is 0 Å². The van der Waals surface area contributed by atoms with Gasteiger partial charge in [-0.2, -0.15) is 5.10 Å². The first kappa shape index (κ1) is 14.4. The number of rotatable bonds is 2. The molecule has 116 valence electrons. The Hall–Kier alpha value is -1.17. The van der Waals surface area contributed by atoms with Gasteiger partial charge < -0.3 is 9.47 Å². The number of hydrogen-bond donors (Lipinski definition) is 0. The SMILES string of the molecule is Brc1ccc2c(c1)c(C1=CCOCC1)nn2C1CCCCO1. The first-order valence-electron chi connectivity index (χ1n) is 7.89. The molecule has 2 aliphatic rings. The summed E-state index contributed by atoms with van der Waals surface area (Å²) in [7, 11) is 0. The lowest BCUT2D eigenvalue weighted by Crippen LogP contribution is -2.19. The zero-order valence-electron chi connectivity index (χ0n) is 12.4. The molecule has 1 unspecified atom stereocenters. The Morgan fingerprint density at radius 3 is 2.95 bits per heavy atom. The third-order valence-electron chi connectivity index (χ3n) is 4.36. The molecule has 1 atom stereocenters. The third kappa shape index (κ3) is 2.62. The van der Waals surface area contributed by atoms with Crippen molar-refractivity contribution < 1.29 is 9.47 Å². The van der Waals surface area contributed by atoms with Gasteiger partial charge in [0.15, 0.2) is 6.23 Å². The minimum absolute atomic E-state index is 0.0617. The van der Waals surface area contributed by atoms with Gasteiger partial charge in [-0.25, -0.2) is 4.68 Å². The molecule has 1 aromatic carbocycles. The summed E-state index contributed by atoms with van der Waals surface area (Å²) in [5.74, 6) is 0. The Morgan fingerprint density at radius 2 is 2.18 bits per heavy atom. The topological polar surface area (TPSA) is 36.3 Å². The summed E-state index contributed by atoms with van der Waals surface area (Å²) in [5, 5.41) is 6.12. The van der Waals surface area contributed by atoms with Gasteiger partial charge in [0, 0.05) is 16.5 Å². The summed E-state index contributed by atoms with van der Waals surface area (Å²) in [6, 6.07) is 6.37. The zero-order valence-corrected chi connectivity index (χ0v) is 14.0. The Kier molecular flexibility index (Phi) is 4.03. The summed E-state index contributed by atoms with van der Waals surface area (Å²) in [5.41, 5.74) is 3.51. The van der Waals surface area contributed by atoms with Gasteiger partial charge in [-0.1, -0.05) is 22.0 Å². The van der Waals surface area contributed by atoms with Crippen LogP contribution >= 0.6 is 15.9 Å². The fourth-order valence-electron chi connectivity index (χ4n) is 3.23. The van der Waals surface area contributed by atoms with E-state index < -0.39 is 0 Å². The Labute approximate surface area is 138 Å². The number of halogens is 1. The molecule has 1 saturated heterocycles. The average Bonchev–Trinajstić information content (AvgIpc) is 2.95. The van der Waals surface area contributed by atoms with Gasteiger partial charge in [-0.15, -0.1) is 0 Å². The van der Waals surface area contributed by atoms with E-state index in [1.54, 1.807) is 0 Å². The molecule has 4 nitrogen and oxygen atoms in total. The van der Waals surface area contributed by atoms with Crippen molar-refractivity contribution in [3.8, 4) is 0 Å². The minimum atomic E-state index is 0.0617. The van der Waals surface area contributed by atoms with E-state index in [1.807, 2.05) is 0 Å². The van der Waals surface area contributed by atoms with E-state index in [-0.39, 0.29) is 6.23 Å². The van der Waals surface area contributed by atoms with E-state index >= 15 is 0 Å². The first-order valence-corrected chi connectivity index (χ1v) is 8.69. The molecule has 5 heteroatoms. The monoisotopic (exact) mass is 362 g/mol. The highest BCUT2D eigenvalue weighted by Crippen LogP contribution is 2.33. The third-order valence-corrected chi connectivity index (χ3v) is 4.86. The van der Waals surface area contributed by atoms with Crippen molar-refractivity contribution in [2.45, 2.75) is 31.9 Å². The van der Waals surface area contributed by atoms with Crippen LogP contribution in [0.25, 0.3) is 16.5 Å². The van der Waals surface area contributed by atoms with Gasteiger partial charge in [-0.05, 0) is 49.5 Å². The maximum absolute atomic E-state index is 5.95. The Morgan fingerprint density at radius 1 is 1.23 bits per heavy atom. The molecule has 4 rings (SSSR count). The number of hydrogen-bond acceptors (Lipinski definition) is 3. The fraction of sp³-hybridized carbons (Fsp3) is 0.471. The molecule has 22 heavy (non-hydrogen) atoms. The summed E-state index contributed by atoms with van der Waals surface area (Å²) < 4.78 is 14.5. The van der Waals surface area contributed by atoms with Crippen molar-refractivity contribution in [1.82, 2.24) is 9.78 Å². The number of aromatic nitrogens is 2. The van der Waals surface area contributed by atoms with Crippen molar-refractivity contribution >= 4 is 32.4 Å². The van der Waals surface area contributed by atoms with Crippen LogP contribution in [0.4, 0.5) is 0 Å². The first-order chi connectivity index (χ1) is 10.8. The van der Waals surface area contributed by atoms with E-state index in [4.69, 9.17) is 14.6 Å². The van der Waals surface area contributed by atoms with Gasteiger partial charge in [0.1, 0.15) is 0 Å².